The van der Waals surface area contributed by atoms with Crippen molar-refractivity contribution in [3.63, 3.8) is 0 Å². The summed E-state index contributed by atoms with van der Waals surface area (Å²) in [6.07, 6.45) is 0.500. The zero-order valence-electron chi connectivity index (χ0n) is 11.2. The lowest BCUT2D eigenvalue weighted by Crippen LogP contribution is -2.37. The van der Waals surface area contributed by atoms with Crippen LogP contribution in [0.25, 0.3) is 11.0 Å². The van der Waals surface area contributed by atoms with E-state index in [4.69, 9.17) is 9.15 Å². The quantitative estimate of drug-likeness (QED) is 0.814. The summed E-state index contributed by atoms with van der Waals surface area (Å²) in [4.78, 5) is 14.4. The molecule has 1 aliphatic rings. The molecule has 2 aromatic rings. The third-order valence-electron chi connectivity index (χ3n) is 3.46. The summed E-state index contributed by atoms with van der Waals surface area (Å²) in [5, 5.41) is 0.984. The minimum Gasteiger partial charge on any atom is -0.453 e. The first kappa shape index (κ1) is 15.0. The number of nitrogens with zero attached hydrogens (tertiary/aromatic N) is 1. The summed E-state index contributed by atoms with van der Waals surface area (Å²) in [7, 11) is 0. The van der Waals surface area contributed by atoms with E-state index in [2.05, 4.69) is 4.90 Å². The van der Waals surface area contributed by atoms with E-state index in [1.165, 1.54) is 0 Å². The molecule has 0 bridgehead atoms. The topological polar surface area (TPSA) is 42.7 Å². The molecule has 2 heterocycles. The van der Waals surface area contributed by atoms with Gasteiger partial charge in [0, 0.05) is 31.4 Å². The number of fused-ring (bicyclic) bond motifs is 1. The number of Topliss-reactive ketones (excluding diaryl/α,β-unsaturated/α-hetero) is 1. The van der Waals surface area contributed by atoms with Crippen molar-refractivity contribution in [1.29, 1.82) is 0 Å². The molecule has 1 aliphatic heterocycles. The van der Waals surface area contributed by atoms with Crippen molar-refractivity contribution in [3.05, 3.63) is 36.1 Å². The Morgan fingerprint density at radius 2 is 1.95 bits per heavy atom. The molecule has 3 rings (SSSR count). The summed E-state index contributed by atoms with van der Waals surface area (Å²) in [6, 6.07) is 9.52. The summed E-state index contributed by atoms with van der Waals surface area (Å²) < 4.78 is 10.9. The van der Waals surface area contributed by atoms with E-state index in [9.17, 15) is 4.79 Å². The lowest BCUT2D eigenvalue weighted by molar-refractivity contribution is 0.0368. The Labute approximate surface area is 124 Å². The molecule has 0 amide bonds. The maximum atomic E-state index is 12.1. The minimum atomic E-state index is 0. The molecule has 0 saturated carbocycles. The SMILES string of the molecule is Cl.O=C(CCN1CCOCC1)c1cc2ccccc2o1. The van der Waals surface area contributed by atoms with Crippen LogP contribution in [-0.4, -0.2) is 43.5 Å². The third-order valence-corrected chi connectivity index (χ3v) is 3.46. The number of para-hydroxylation sites is 1. The van der Waals surface area contributed by atoms with Crippen molar-refractivity contribution >= 4 is 29.2 Å². The van der Waals surface area contributed by atoms with Gasteiger partial charge >= 0.3 is 0 Å². The molecule has 108 valence electrons. The second-order valence-electron chi connectivity index (χ2n) is 4.78. The molecule has 0 unspecified atom stereocenters. The molecular weight excluding hydrogens is 278 g/mol. The van der Waals surface area contributed by atoms with Crippen molar-refractivity contribution < 1.29 is 13.9 Å². The van der Waals surface area contributed by atoms with E-state index in [1.807, 2.05) is 30.3 Å². The molecule has 0 atom stereocenters. The fraction of sp³-hybridized carbons (Fsp3) is 0.400. The van der Waals surface area contributed by atoms with Gasteiger partial charge in [-0.3, -0.25) is 9.69 Å². The van der Waals surface area contributed by atoms with Crippen molar-refractivity contribution in [2.45, 2.75) is 6.42 Å². The first-order valence-electron chi connectivity index (χ1n) is 6.65. The van der Waals surface area contributed by atoms with Crippen molar-refractivity contribution in [2.24, 2.45) is 0 Å². The van der Waals surface area contributed by atoms with Gasteiger partial charge in [-0.05, 0) is 12.1 Å². The van der Waals surface area contributed by atoms with E-state index < -0.39 is 0 Å². The Bertz CT molecular complexity index is 542. The predicted molar refractivity (Wildman–Crippen MR) is 79.7 cm³/mol. The highest BCUT2D eigenvalue weighted by Crippen LogP contribution is 2.19. The molecule has 20 heavy (non-hydrogen) atoms. The molecule has 1 saturated heterocycles. The number of hydrogen-bond donors (Lipinski definition) is 0. The van der Waals surface area contributed by atoms with Gasteiger partial charge in [0.2, 0.25) is 0 Å². The van der Waals surface area contributed by atoms with Crippen LogP contribution < -0.4 is 0 Å². The van der Waals surface area contributed by atoms with Crippen LogP contribution in [0.2, 0.25) is 0 Å². The largest absolute Gasteiger partial charge is 0.453 e. The van der Waals surface area contributed by atoms with Gasteiger partial charge in [0.15, 0.2) is 11.5 Å². The van der Waals surface area contributed by atoms with Gasteiger partial charge in [0.25, 0.3) is 0 Å². The van der Waals surface area contributed by atoms with Crippen LogP contribution in [0.15, 0.2) is 34.7 Å². The summed E-state index contributed by atoms with van der Waals surface area (Å²) in [5.74, 6) is 0.539. The number of ether oxygens (including phenoxy) is 1. The number of halogens is 1. The molecule has 1 aromatic heterocycles. The highest BCUT2D eigenvalue weighted by Gasteiger charge is 2.15. The number of morpholine rings is 1. The highest BCUT2D eigenvalue weighted by molar-refractivity contribution is 5.97. The molecule has 5 heteroatoms. The van der Waals surface area contributed by atoms with E-state index in [1.54, 1.807) is 0 Å². The molecular formula is C15H18ClNO3. The molecule has 0 radical (unpaired) electrons. The number of ketones is 1. The van der Waals surface area contributed by atoms with E-state index >= 15 is 0 Å². The second-order valence-corrected chi connectivity index (χ2v) is 4.78. The van der Waals surface area contributed by atoms with Crippen LogP contribution in [-0.2, 0) is 4.74 Å². The average Bonchev–Trinajstić information content (AvgIpc) is 2.90. The molecule has 0 spiro atoms. The minimum absolute atomic E-state index is 0. The Hall–Kier alpha value is -1.36. The Kier molecular flexibility index (Phi) is 5.17. The Morgan fingerprint density at radius 1 is 1.20 bits per heavy atom. The zero-order valence-corrected chi connectivity index (χ0v) is 12.0. The number of benzene rings is 1. The van der Waals surface area contributed by atoms with Gasteiger partial charge < -0.3 is 9.15 Å². The van der Waals surface area contributed by atoms with Crippen LogP contribution in [0.4, 0.5) is 0 Å². The normalized spacial score (nSPS) is 16.0. The van der Waals surface area contributed by atoms with Crippen LogP contribution in [0.5, 0.6) is 0 Å². The molecule has 0 aliphatic carbocycles. The Balaban J connectivity index is 0.00000147. The number of furan rings is 1. The van der Waals surface area contributed by atoms with Gasteiger partial charge in [-0.15, -0.1) is 12.4 Å². The lowest BCUT2D eigenvalue weighted by Gasteiger charge is -2.25. The van der Waals surface area contributed by atoms with E-state index in [-0.39, 0.29) is 18.2 Å². The van der Waals surface area contributed by atoms with Gasteiger partial charge in [-0.2, -0.15) is 0 Å². The Morgan fingerprint density at radius 3 is 2.70 bits per heavy atom. The molecule has 1 fully saturated rings. The van der Waals surface area contributed by atoms with Crippen molar-refractivity contribution in [2.75, 3.05) is 32.8 Å². The van der Waals surface area contributed by atoms with Crippen LogP contribution in [0, 0.1) is 0 Å². The number of rotatable bonds is 4. The fourth-order valence-corrected chi connectivity index (χ4v) is 2.33. The maximum Gasteiger partial charge on any atom is 0.199 e. The van der Waals surface area contributed by atoms with Crippen molar-refractivity contribution in [3.8, 4) is 0 Å². The first-order chi connectivity index (χ1) is 9.33. The number of hydrogen-bond acceptors (Lipinski definition) is 4. The highest BCUT2D eigenvalue weighted by atomic mass is 35.5. The fourth-order valence-electron chi connectivity index (χ4n) is 2.33. The van der Waals surface area contributed by atoms with Gasteiger partial charge in [-0.1, -0.05) is 18.2 Å². The molecule has 0 N–H and O–H groups in total. The number of carbonyl (C=O) groups is 1. The van der Waals surface area contributed by atoms with Gasteiger partial charge in [0.05, 0.1) is 13.2 Å². The molecule has 1 aromatic carbocycles. The van der Waals surface area contributed by atoms with Gasteiger partial charge in [-0.25, -0.2) is 0 Å². The smallest absolute Gasteiger partial charge is 0.199 e. The van der Waals surface area contributed by atoms with Crippen molar-refractivity contribution in [1.82, 2.24) is 4.90 Å². The van der Waals surface area contributed by atoms with Crippen LogP contribution in [0.3, 0.4) is 0 Å². The predicted octanol–water partition coefficient (Wildman–Crippen LogP) is 2.76. The monoisotopic (exact) mass is 295 g/mol. The second kappa shape index (κ2) is 6.88. The lowest BCUT2D eigenvalue weighted by atomic mass is 10.2. The first-order valence-corrected chi connectivity index (χ1v) is 6.65. The van der Waals surface area contributed by atoms with Gasteiger partial charge in [0.1, 0.15) is 5.58 Å². The maximum absolute atomic E-state index is 12.1. The molecule has 4 nitrogen and oxygen atoms in total. The number of carbonyl (C=O) groups excluding carboxylic acids is 1. The third kappa shape index (κ3) is 3.39. The standard InChI is InChI=1S/C15H17NO3.ClH/c17-13(5-6-16-7-9-18-10-8-16)15-11-12-3-1-2-4-14(12)19-15;/h1-4,11H,5-10H2;1H. The summed E-state index contributed by atoms with van der Waals surface area (Å²) in [5.41, 5.74) is 0.775. The zero-order chi connectivity index (χ0) is 13.1. The van der Waals surface area contributed by atoms with E-state index in [0.29, 0.717) is 12.2 Å². The summed E-state index contributed by atoms with van der Waals surface area (Å²) in [6.45, 7) is 4.12. The summed E-state index contributed by atoms with van der Waals surface area (Å²) >= 11 is 0. The average molecular weight is 296 g/mol. The van der Waals surface area contributed by atoms with E-state index in [0.717, 1.165) is 43.8 Å². The van der Waals surface area contributed by atoms with Crippen LogP contribution >= 0.6 is 12.4 Å². The van der Waals surface area contributed by atoms with Crippen LogP contribution in [0.1, 0.15) is 17.0 Å².